The Morgan fingerprint density at radius 1 is 1.07 bits per heavy atom. The quantitative estimate of drug-likeness (QED) is 0.165. The Labute approximate surface area is 266 Å². The molecule has 0 aliphatic heterocycles. The molecule has 0 spiro atoms. The number of nitrogens with one attached hydrogen (secondary N) is 1. The average molecular weight is 720 g/mol. The molecule has 0 saturated carbocycles. The second-order valence-electron chi connectivity index (χ2n) is 9.46. The highest BCUT2D eigenvalue weighted by Gasteiger charge is 2.18. The molecule has 6 aromatic rings. The summed E-state index contributed by atoms with van der Waals surface area (Å²) in [4.78, 5) is 30.7. The lowest BCUT2D eigenvalue weighted by molar-refractivity contribution is -0.118. The van der Waals surface area contributed by atoms with Crippen LogP contribution in [0.5, 0.6) is 11.5 Å². The van der Waals surface area contributed by atoms with E-state index in [0.717, 1.165) is 9.86 Å². The van der Waals surface area contributed by atoms with Crippen LogP contribution in [0.3, 0.4) is 0 Å². The molecule has 0 unspecified atom stereocenters. The number of anilines is 1. The van der Waals surface area contributed by atoms with Gasteiger partial charge in [-0.05, 0) is 82.2 Å². The van der Waals surface area contributed by atoms with Gasteiger partial charge in [0.25, 0.3) is 11.5 Å². The fourth-order valence-corrected chi connectivity index (χ4v) is 5.43. The molecule has 0 aliphatic carbocycles. The number of hydrogen-bond acceptors (Lipinski definition) is 7. The number of aromatic nitrogens is 2. The first-order chi connectivity index (χ1) is 21.3. The molecule has 1 N–H and O–H groups in total. The van der Waals surface area contributed by atoms with Gasteiger partial charge in [-0.15, -0.1) is 0 Å². The standard InChI is InChI=1S/C32H21Br2FN4O5/c1-42-27-13-18(12-22(34)30(27)43-17-29(40)37-25-9-5-3-7-23(25)35)16-36-39-31(38-24-8-4-2-6-21(24)32(39)41)28-15-19-14-20(33)10-11-26(19)44-28/h2-16H,17H2,1H3,(H,37,40). The van der Waals surface area contributed by atoms with Crippen LogP contribution in [-0.4, -0.2) is 35.5 Å². The molecule has 0 fully saturated rings. The molecular formula is C32H21Br2FN4O5. The number of rotatable bonds is 8. The number of amides is 1. The van der Waals surface area contributed by atoms with Gasteiger partial charge in [0.2, 0.25) is 5.82 Å². The molecule has 2 aromatic heterocycles. The first-order valence-electron chi connectivity index (χ1n) is 13.1. The molecule has 0 radical (unpaired) electrons. The zero-order valence-electron chi connectivity index (χ0n) is 22.9. The molecule has 4 aromatic carbocycles. The predicted molar refractivity (Wildman–Crippen MR) is 173 cm³/mol. The molecule has 1 amide bonds. The van der Waals surface area contributed by atoms with E-state index in [-0.39, 0.29) is 22.8 Å². The van der Waals surface area contributed by atoms with E-state index in [1.807, 2.05) is 18.2 Å². The molecule has 12 heteroatoms. The van der Waals surface area contributed by atoms with Crippen molar-refractivity contribution in [2.45, 2.75) is 0 Å². The lowest BCUT2D eigenvalue weighted by atomic mass is 10.2. The maximum atomic E-state index is 13.9. The molecule has 9 nitrogen and oxygen atoms in total. The van der Waals surface area contributed by atoms with E-state index >= 15 is 0 Å². The highest BCUT2D eigenvalue weighted by atomic mass is 79.9. The number of fused-ring (bicyclic) bond motifs is 2. The van der Waals surface area contributed by atoms with Crippen LogP contribution in [0.1, 0.15) is 5.56 Å². The van der Waals surface area contributed by atoms with E-state index in [0.29, 0.717) is 38.0 Å². The SMILES string of the molecule is COc1cc(C=Nn2c(-c3cc4cc(Br)ccc4o3)nc3ccccc3c2=O)cc(Br)c1OCC(=O)Nc1ccccc1F. The third kappa shape index (κ3) is 5.99. The number of methoxy groups -OCH3 is 1. The number of hydrogen-bond donors (Lipinski definition) is 1. The van der Waals surface area contributed by atoms with Crippen molar-refractivity contribution in [1.29, 1.82) is 0 Å². The molecule has 0 atom stereocenters. The van der Waals surface area contributed by atoms with Crippen molar-refractivity contribution in [2.24, 2.45) is 5.10 Å². The van der Waals surface area contributed by atoms with E-state index in [1.165, 1.54) is 36.2 Å². The molecular weight excluding hydrogens is 699 g/mol. The van der Waals surface area contributed by atoms with Crippen molar-refractivity contribution in [1.82, 2.24) is 9.66 Å². The molecule has 0 bridgehead atoms. The third-order valence-corrected chi connectivity index (χ3v) is 7.60. The summed E-state index contributed by atoms with van der Waals surface area (Å²) in [5.41, 5.74) is 1.36. The first-order valence-corrected chi connectivity index (χ1v) is 14.7. The summed E-state index contributed by atoms with van der Waals surface area (Å²) in [6.07, 6.45) is 1.47. The van der Waals surface area contributed by atoms with Gasteiger partial charge in [-0.1, -0.05) is 40.2 Å². The Bertz CT molecular complexity index is 2140. The fraction of sp³-hybridized carbons (Fsp3) is 0.0625. The number of benzene rings is 4. The minimum absolute atomic E-state index is 0.0481. The Balaban J connectivity index is 1.32. The Morgan fingerprint density at radius 2 is 1.86 bits per heavy atom. The van der Waals surface area contributed by atoms with Crippen LogP contribution in [0.2, 0.25) is 0 Å². The number of halogens is 3. The predicted octanol–water partition coefficient (Wildman–Crippen LogP) is 7.38. The fourth-order valence-electron chi connectivity index (χ4n) is 4.48. The van der Waals surface area contributed by atoms with Gasteiger partial charge >= 0.3 is 0 Å². The highest BCUT2D eigenvalue weighted by Crippen LogP contribution is 2.36. The lowest BCUT2D eigenvalue weighted by Gasteiger charge is -2.14. The molecule has 6 rings (SSSR count). The summed E-state index contributed by atoms with van der Waals surface area (Å²) in [6.45, 7) is -0.397. The summed E-state index contributed by atoms with van der Waals surface area (Å²) in [7, 11) is 1.45. The maximum absolute atomic E-state index is 13.9. The summed E-state index contributed by atoms with van der Waals surface area (Å²) in [5.74, 6) is 0.0424. The van der Waals surface area contributed by atoms with Gasteiger partial charge in [0.05, 0.1) is 34.4 Å². The van der Waals surface area contributed by atoms with Crippen molar-refractivity contribution in [3.05, 3.63) is 116 Å². The van der Waals surface area contributed by atoms with Gasteiger partial charge in [0, 0.05) is 9.86 Å². The monoisotopic (exact) mass is 718 g/mol. The highest BCUT2D eigenvalue weighted by molar-refractivity contribution is 9.10. The maximum Gasteiger partial charge on any atom is 0.282 e. The number of carbonyl (C=O) groups excluding carboxylic acids is 1. The average Bonchev–Trinajstić information content (AvgIpc) is 3.44. The lowest BCUT2D eigenvalue weighted by Crippen LogP contribution is -2.21. The normalized spacial score (nSPS) is 11.4. The van der Waals surface area contributed by atoms with Crippen molar-refractivity contribution in [2.75, 3.05) is 19.0 Å². The molecule has 220 valence electrons. The van der Waals surface area contributed by atoms with Crippen molar-refractivity contribution < 1.29 is 23.1 Å². The van der Waals surface area contributed by atoms with Crippen molar-refractivity contribution >= 4 is 71.5 Å². The Kier molecular flexibility index (Phi) is 8.27. The Hall–Kier alpha value is -4.81. The van der Waals surface area contributed by atoms with E-state index < -0.39 is 18.3 Å². The third-order valence-electron chi connectivity index (χ3n) is 6.52. The summed E-state index contributed by atoms with van der Waals surface area (Å²) < 4.78 is 33.7. The van der Waals surface area contributed by atoms with Crippen LogP contribution >= 0.6 is 31.9 Å². The largest absolute Gasteiger partial charge is 0.493 e. The smallest absolute Gasteiger partial charge is 0.282 e. The van der Waals surface area contributed by atoms with Gasteiger partial charge in [0.1, 0.15) is 11.4 Å². The van der Waals surface area contributed by atoms with Crippen LogP contribution in [0.4, 0.5) is 10.1 Å². The topological polar surface area (TPSA) is 108 Å². The minimum Gasteiger partial charge on any atom is -0.493 e. The molecule has 2 heterocycles. The van der Waals surface area contributed by atoms with Gasteiger partial charge in [-0.25, -0.2) is 9.37 Å². The number of nitrogens with zero attached hydrogens (tertiary/aromatic N) is 3. The van der Waals surface area contributed by atoms with Crippen molar-refractivity contribution in [3.63, 3.8) is 0 Å². The van der Waals surface area contributed by atoms with E-state index in [4.69, 9.17) is 18.9 Å². The Morgan fingerprint density at radius 3 is 2.68 bits per heavy atom. The molecule has 0 saturated heterocycles. The van der Waals surface area contributed by atoms with E-state index in [2.05, 4.69) is 42.3 Å². The number of para-hydroxylation sites is 2. The summed E-state index contributed by atoms with van der Waals surface area (Å²) >= 11 is 6.93. The van der Waals surface area contributed by atoms with E-state index in [1.54, 1.807) is 48.5 Å². The number of furan rings is 1. The zero-order chi connectivity index (χ0) is 30.8. The number of carbonyl (C=O) groups is 1. The van der Waals surface area contributed by atoms with Gasteiger partial charge in [-0.2, -0.15) is 9.78 Å². The second kappa shape index (κ2) is 12.4. The second-order valence-corrected chi connectivity index (χ2v) is 11.2. The number of ether oxygens (including phenoxy) is 2. The van der Waals surface area contributed by atoms with Crippen LogP contribution in [0.15, 0.2) is 108 Å². The zero-order valence-corrected chi connectivity index (χ0v) is 26.1. The van der Waals surface area contributed by atoms with Gasteiger partial charge in [0.15, 0.2) is 23.9 Å². The van der Waals surface area contributed by atoms with Crippen molar-refractivity contribution in [3.8, 4) is 23.1 Å². The summed E-state index contributed by atoms with van der Waals surface area (Å²) in [6, 6.07) is 23.6. The molecule has 44 heavy (non-hydrogen) atoms. The first kappa shape index (κ1) is 29.3. The molecule has 0 aliphatic rings. The van der Waals surface area contributed by atoms with Crippen LogP contribution in [0, 0.1) is 5.82 Å². The van der Waals surface area contributed by atoms with Crippen LogP contribution in [-0.2, 0) is 4.79 Å². The summed E-state index contributed by atoms with van der Waals surface area (Å²) in [5, 5.41) is 8.19. The minimum atomic E-state index is -0.555. The van der Waals surface area contributed by atoms with Crippen LogP contribution in [0.25, 0.3) is 33.5 Å². The van der Waals surface area contributed by atoms with Crippen LogP contribution < -0.4 is 20.3 Å². The van der Waals surface area contributed by atoms with Gasteiger partial charge < -0.3 is 19.2 Å². The van der Waals surface area contributed by atoms with Gasteiger partial charge in [-0.3, -0.25) is 9.59 Å². The van der Waals surface area contributed by atoms with E-state index in [9.17, 15) is 14.0 Å².